The van der Waals surface area contributed by atoms with E-state index in [1.807, 2.05) is 0 Å². The predicted molar refractivity (Wildman–Crippen MR) is 62.1 cm³/mol. The first-order valence-electron chi connectivity index (χ1n) is 4.97. The maximum absolute atomic E-state index is 5.42. The van der Waals surface area contributed by atoms with Crippen molar-refractivity contribution in [1.29, 1.82) is 0 Å². The van der Waals surface area contributed by atoms with E-state index < -0.39 is 0 Å². The number of hydrogen-bond acceptors (Lipinski definition) is 1. The third kappa shape index (κ3) is 1.20. The van der Waals surface area contributed by atoms with Gasteiger partial charge in [-0.1, -0.05) is 12.1 Å². The van der Waals surface area contributed by atoms with Crippen LogP contribution in [0.3, 0.4) is 0 Å². The summed E-state index contributed by atoms with van der Waals surface area (Å²) in [5.41, 5.74) is 2.48. The molecule has 2 aromatic rings. The van der Waals surface area contributed by atoms with Gasteiger partial charge in [-0.2, -0.15) is 0 Å². The molecule has 0 radical (unpaired) electrons. The largest absolute Gasteiger partial charge is 0.317 e. The number of aryl methyl sites for hydroxylation is 2. The minimum atomic E-state index is 0.927. The second-order valence-corrected chi connectivity index (χ2v) is 3.62. The minimum Gasteiger partial charge on any atom is -0.317 e. The molecule has 0 fully saturated rings. The van der Waals surface area contributed by atoms with E-state index in [4.69, 9.17) is 12.2 Å². The van der Waals surface area contributed by atoms with Crippen molar-refractivity contribution < 1.29 is 0 Å². The summed E-state index contributed by atoms with van der Waals surface area (Å²) in [5.74, 6) is 0. The van der Waals surface area contributed by atoms with E-state index in [9.17, 15) is 0 Å². The monoisotopic (exact) mass is 206 g/mol. The molecule has 1 aromatic heterocycles. The van der Waals surface area contributed by atoms with Crippen molar-refractivity contribution in [3.63, 3.8) is 0 Å². The first kappa shape index (κ1) is 9.46. The molecule has 74 valence electrons. The number of rotatable bonds is 2. The summed E-state index contributed by atoms with van der Waals surface area (Å²) >= 11 is 5.42. The molecule has 0 spiro atoms. The zero-order valence-corrected chi connectivity index (χ0v) is 9.34. The number of hydrogen-bond donors (Lipinski definition) is 0. The van der Waals surface area contributed by atoms with Crippen LogP contribution < -0.4 is 0 Å². The Bertz CT molecular complexity index is 463. The third-order valence-corrected chi connectivity index (χ3v) is 3.00. The van der Waals surface area contributed by atoms with E-state index in [0.29, 0.717) is 0 Å². The highest BCUT2D eigenvalue weighted by Crippen LogP contribution is 2.17. The van der Waals surface area contributed by atoms with Crippen LogP contribution in [-0.4, -0.2) is 9.13 Å². The highest BCUT2D eigenvalue weighted by Gasteiger charge is 2.06. The minimum absolute atomic E-state index is 0.927. The van der Waals surface area contributed by atoms with Crippen LogP contribution in [0.4, 0.5) is 0 Å². The molecular formula is C11H14N2S. The fourth-order valence-electron chi connectivity index (χ4n) is 1.88. The summed E-state index contributed by atoms with van der Waals surface area (Å²) in [6.45, 7) is 6.13. The molecule has 0 bridgehead atoms. The highest BCUT2D eigenvalue weighted by molar-refractivity contribution is 7.71. The number of para-hydroxylation sites is 2. The van der Waals surface area contributed by atoms with Gasteiger partial charge in [-0.15, -0.1) is 0 Å². The molecule has 0 atom stereocenters. The Kier molecular flexibility index (Phi) is 2.42. The molecule has 3 heteroatoms. The number of nitrogens with zero attached hydrogens (tertiary/aromatic N) is 2. The third-order valence-electron chi connectivity index (χ3n) is 2.56. The average molecular weight is 206 g/mol. The molecule has 0 aliphatic heterocycles. The second kappa shape index (κ2) is 3.58. The van der Waals surface area contributed by atoms with Gasteiger partial charge in [-0.25, -0.2) is 0 Å². The van der Waals surface area contributed by atoms with Crippen molar-refractivity contribution in [2.45, 2.75) is 26.9 Å². The van der Waals surface area contributed by atoms with Gasteiger partial charge in [0.05, 0.1) is 11.0 Å². The molecule has 0 aliphatic carbocycles. The van der Waals surface area contributed by atoms with Crippen LogP contribution in [0.2, 0.25) is 0 Å². The average Bonchev–Trinajstić information content (AvgIpc) is 2.49. The summed E-state index contributed by atoms with van der Waals surface area (Å²) in [6.07, 6.45) is 0. The van der Waals surface area contributed by atoms with Gasteiger partial charge in [-0.3, -0.25) is 0 Å². The summed E-state index contributed by atoms with van der Waals surface area (Å²) < 4.78 is 5.28. The molecule has 0 aliphatic rings. The smallest absolute Gasteiger partial charge is 0.180 e. The van der Waals surface area contributed by atoms with Gasteiger partial charge >= 0.3 is 0 Å². The first-order valence-corrected chi connectivity index (χ1v) is 5.38. The first-order chi connectivity index (χ1) is 6.79. The van der Waals surface area contributed by atoms with Crippen molar-refractivity contribution in [2.75, 3.05) is 0 Å². The lowest BCUT2D eigenvalue weighted by Gasteiger charge is -1.97. The lowest BCUT2D eigenvalue weighted by atomic mass is 10.3. The van der Waals surface area contributed by atoms with Gasteiger partial charge in [0, 0.05) is 13.1 Å². The molecule has 14 heavy (non-hydrogen) atoms. The summed E-state index contributed by atoms with van der Waals surface area (Å²) in [7, 11) is 0. The van der Waals surface area contributed by atoms with Crippen LogP contribution in [0.15, 0.2) is 24.3 Å². The van der Waals surface area contributed by atoms with Crippen LogP contribution in [0, 0.1) is 4.77 Å². The number of fused-ring (bicyclic) bond motifs is 1. The Morgan fingerprint density at radius 1 is 1.00 bits per heavy atom. The molecule has 0 amide bonds. The van der Waals surface area contributed by atoms with E-state index in [2.05, 4.69) is 47.2 Å². The fourth-order valence-corrected chi connectivity index (χ4v) is 2.34. The van der Waals surface area contributed by atoms with Gasteiger partial charge in [0.25, 0.3) is 0 Å². The molecule has 2 rings (SSSR count). The normalized spacial score (nSPS) is 11.0. The highest BCUT2D eigenvalue weighted by atomic mass is 32.1. The number of benzene rings is 1. The standard InChI is InChI=1S/C11H14N2S/c1-3-12-9-7-5-6-8-10(9)13(4-2)11(12)14/h5-8H,3-4H2,1-2H3. The van der Waals surface area contributed by atoms with Gasteiger partial charge in [-0.05, 0) is 38.2 Å². The van der Waals surface area contributed by atoms with Crippen LogP contribution >= 0.6 is 12.2 Å². The van der Waals surface area contributed by atoms with Crippen molar-refractivity contribution in [3.05, 3.63) is 29.0 Å². The van der Waals surface area contributed by atoms with Crippen molar-refractivity contribution in [3.8, 4) is 0 Å². The zero-order valence-electron chi connectivity index (χ0n) is 8.53. The molecule has 0 N–H and O–H groups in total. The molecular weight excluding hydrogens is 192 g/mol. The van der Waals surface area contributed by atoms with Gasteiger partial charge in [0.15, 0.2) is 4.77 Å². The van der Waals surface area contributed by atoms with Crippen molar-refractivity contribution in [2.24, 2.45) is 0 Å². The Labute approximate surface area is 88.8 Å². The Morgan fingerprint density at radius 2 is 1.43 bits per heavy atom. The maximum atomic E-state index is 5.42. The van der Waals surface area contributed by atoms with Crippen LogP contribution in [0.25, 0.3) is 11.0 Å². The Balaban J connectivity index is 2.92. The molecule has 0 saturated heterocycles. The van der Waals surface area contributed by atoms with Gasteiger partial charge in [0.1, 0.15) is 0 Å². The maximum Gasteiger partial charge on any atom is 0.180 e. The molecule has 2 nitrogen and oxygen atoms in total. The van der Waals surface area contributed by atoms with Crippen LogP contribution in [0.1, 0.15) is 13.8 Å². The van der Waals surface area contributed by atoms with E-state index >= 15 is 0 Å². The number of imidazole rings is 1. The van der Waals surface area contributed by atoms with E-state index in [-0.39, 0.29) is 0 Å². The quantitative estimate of drug-likeness (QED) is 0.686. The molecule has 1 aromatic carbocycles. The summed E-state index contributed by atoms with van der Waals surface area (Å²) in [4.78, 5) is 0. The van der Waals surface area contributed by atoms with Crippen molar-refractivity contribution >= 4 is 23.3 Å². The van der Waals surface area contributed by atoms with E-state index in [1.165, 1.54) is 11.0 Å². The number of aromatic nitrogens is 2. The molecule has 0 saturated carbocycles. The van der Waals surface area contributed by atoms with E-state index in [1.54, 1.807) is 0 Å². The summed E-state index contributed by atoms with van der Waals surface area (Å²) in [5, 5.41) is 0. The van der Waals surface area contributed by atoms with Crippen LogP contribution in [-0.2, 0) is 13.1 Å². The Morgan fingerprint density at radius 3 is 1.79 bits per heavy atom. The van der Waals surface area contributed by atoms with Crippen molar-refractivity contribution in [1.82, 2.24) is 9.13 Å². The zero-order chi connectivity index (χ0) is 10.1. The topological polar surface area (TPSA) is 9.86 Å². The van der Waals surface area contributed by atoms with Gasteiger partial charge in [0.2, 0.25) is 0 Å². The molecule has 1 heterocycles. The lowest BCUT2D eigenvalue weighted by molar-refractivity contribution is 0.697. The summed E-state index contributed by atoms with van der Waals surface area (Å²) in [6, 6.07) is 8.37. The van der Waals surface area contributed by atoms with Crippen LogP contribution in [0.5, 0.6) is 0 Å². The van der Waals surface area contributed by atoms with E-state index in [0.717, 1.165) is 17.9 Å². The second-order valence-electron chi connectivity index (χ2n) is 3.26. The van der Waals surface area contributed by atoms with Gasteiger partial charge < -0.3 is 9.13 Å². The SMILES string of the molecule is CCn1c(=S)n(CC)c2ccccc21. The lowest BCUT2D eigenvalue weighted by Crippen LogP contribution is -1.97. The molecule has 0 unspecified atom stereocenters. The predicted octanol–water partition coefficient (Wildman–Crippen LogP) is 3.21. The fraction of sp³-hybridized carbons (Fsp3) is 0.364. The Hall–Kier alpha value is -1.09.